The van der Waals surface area contributed by atoms with Gasteiger partial charge in [0, 0.05) is 0 Å². The van der Waals surface area contributed by atoms with Crippen molar-refractivity contribution < 1.29 is 5.11 Å². The summed E-state index contributed by atoms with van der Waals surface area (Å²) in [6, 6.07) is 8.61. The average Bonchev–Trinajstić information content (AvgIpc) is 2.75. The van der Waals surface area contributed by atoms with Gasteiger partial charge in [0.05, 0.1) is 5.60 Å². The monoisotopic (exact) mass is 218 g/mol. The number of aryl methyl sites for hydroxylation is 1. The summed E-state index contributed by atoms with van der Waals surface area (Å²) in [5.74, 6) is 0. The fraction of sp³-hybridized carbons (Fsp3) is 0.600. The van der Waals surface area contributed by atoms with Crippen LogP contribution in [0, 0.1) is 0 Å². The maximum atomic E-state index is 10.4. The fourth-order valence-electron chi connectivity index (χ4n) is 2.61. The highest BCUT2D eigenvalue weighted by atomic mass is 16.3. The van der Waals surface area contributed by atoms with E-state index in [0.717, 1.165) is 37.7 Å². The Hall–Kier alpha value is -0.820. The van der Waals surface area contributed by atoms with Gasteiger partial charge in [0.15, 0.2) is 0 Å². The first-order valence-electron chi connectivity index (χ1n) is 6.56. The largest absolute Gasteiger partial charge is 0.385 e. The van der Waals surface area contributed by atoms with E-state index >= 15 is 0 Å². The summed E-state index contributed by atoms with van der Waals surface area (Å²) < 4.78 is 0. The maximum absolute atomic E-state index is 10.4. The molecule has 0 spiro atoms. The Morgan fingerprint density at radius 2 is 1.75 bits per heavy atom. The van der Waals surface area contributed by atoms with Crippen molar-refractivity contribution in [2.45, 2.75) is 57.5 Å². The molecule has 16 heavy (non-hydrogen) atoms. The summed E-state index contributed by atoms with van der Waals surface area (Å²) in [5, 5.41) is 10.4. The van der Waals surface area contributed by atoms with Gasteiger partial charge in [-0.15, -0.1) is 0 Å². The van der Waals surface area contributed by atoms with Gasteiger partial charge in [-0.25, -0.2) is 0 Å². The first-order valence-corrected chi connectivity index (χ1v) is 6.56. The minimum absolute atomic E-state index is 0.525. The lowest BCUT2D eigenvalue weighted by Gasteiger charge is -2.22. The number of benzene rings is 1. The molecule has 1 saturated carbocycles. The predicted molar refractivity (Wildman–Crippen MR) is 67.4 cm³/mol. The molecular formula is C15H22O. The molecule has 0 unspecified atom stereocenters. The molecular weight excluding hydrogens is 196 g/mol. The van der Waals surface area contributed by atoms with E-state index in [9.17, 15) is 5.11 Å². The lowest BCUT2D eigenvalue weighted by atomic mass is 9.91. The molecule has 0 saturated heterocycles. The third-order valence-corrected chi connectivity index (χ3v) is 3.74. The molecule has 1 N–H and O–H groups in total. The Balaban J connectivity index is 2.06. The Morgan fingerprint density at radius 1 is 1.12 bits per heavy atom. The molecule has 0 amide bonds. The third kappa shape index (κ3) is 2.46. The molecule has 1 aromatic rings. The van der Waals surface area contributed by atoms with E-state index in [4.69, 9.17) is 0 Å². The summed E-state index contributed by atoms with van der Waals surface area (Å²) in [5.41, 5.74) is 1.99. The Bertz CT molecular complexity index is 320. The molecule has 88 valence electrons. The van der Waals surface area contributed by atoms with Crippen LogP contribution in [0.5, 0.6) is 0 Å². The lowest BCUT2D eigenvalue weighted by Crippen LogP contribution is -2.20. The van der Waals surface area contributed by atoms with Crippen LogP contribution >= 0.6 is 0 Å². The van der Waals surface area contributed by atoms with Crippen LogP contribution in [0.1, 0.15) is 56.6 Å². The van der Waals surface area contributed by atoms with Crippen LogP contribution in [0.4, 0.5) is 0 Å². The van der Waals surface area contributed by atoms with Gasteiger partial charge in [-0.1, -0.05) is 50.5 Å². The van der Waals surface area contributed by atoms with Crippen LogP contribution in [-0.2, 0) is 12.0 Å². The van der Waals surface area contributed by atoms with Crippen molar-refractivity contribution >= 4 is 0 Å². The summed E-state index contributed by atoms with van der Waals surface area (Å²) in [6.07, 6.45) is 7.84. The van der Waals surface area contributed by atoms with Crippen molar-refractivity contribution in [3.63, 3.8) is 0 Å². The number of rotatable bonds is 4. The van der Waals surface area contributed by atoms with Gasteiger partial charge >= 0.3 is 0 Å². The van der Waals surface area contributed by atoms with E-state index in [1.807, 2.05) is 0 Å². The molecule has 1 aromatic carbocycles. The van der Waals surface area contributed by atoms with Crippen molar-refractivity contribution in [3.05, 3.63) is 35.4 Å². The first kappa shape index (κ1) is 11.7. The molecule has 0 aliphatic heterocycles. The zero-order chi connectivity index (χ0) is 11.4. The van der Waals surface area contributed by atoms with Crippen LogP contribution in [-0.4, -0.2) is 5.11 Å². The normalized spacial score (nSPS) is 18.9. The average molecular weight is 218 g/mol. The molecule has 0 radical (unpaired) electrons. The highest BCUT2D eigenvalue weighted by Gasteiger charge is 2.32. The van der Waals surface area contributed by atoms with Crippen LogP contribution in [0.3, 0.4) is 0 Å². The SMILES string of the molecule is CCCCc1ccc(C2(O)CCCC2)cc1. The van der Waals surface area contributed by atoms with Gasteiger partial charge in [0.1, 0.15) is 0 Å². The molecule has 1 heteroatoms. The van der Waals surface area contributed by atoms with E-state index < -0.39 is 5.60 Å². The van der Waals surface area contributed by atoms with Crippen LogP contribution in [0.25, 0.3) is 0 Å². The second-order valence-corrected chi connectivity index (χ2v) is 5.04. The second kappa shape index (κ2) is 5.01. The van der Waals surface area contributed by atoms with Gasteiger partial charge in [0.2, 0.25) is 0 Å². The maximum Gasteiger partial charge on any atom is 0.0896 e. The molecule has 1 aliphatic rings. The number of hydrogen-bond acceptors (Lipinski definition) is 1. The lowest BCUT2D eigenvalue weighted by molar-refractivity contribution is 0.0444. The van der Waals surface area contributed by atoms with E-state index in [0.29, 0.717) is 0 Å². The molecule has 0 bridgehead atoms. The van der Waals surface area contributed by atoms with Gasteiger partial charge < -0.3 is 5.11 Å². The smallest absolute Gasteiger partial charge is 0.0896 e. The van der Waals surface area contributed by atoms with E-state index in [2.05, 4.69) is 31.2 Å². The van der Waals surface area contributed by atoms with Gasteiger partial charge in [-0.2, -0.15) is 0 Å². The Kier molecular flexibility index (Phi) is 3.65. The number of aliphatic hydroxyl groups is 1. The van der Waals surface area contributed by atoms with E-state index in [-0.39, 0.29) is 0 Å². The minimum Gasteiger partial charge on any atom is -0.385 e. The highest BCUT2D eigenvalue weighted by Crippen LogP contribution is 2.38. The van der Waals surface area contributed by atoms with Crippen molar-refractivity contribution in [1.29, 1.82) is 0 Å². The zero-order valence-corrected chi connectivity index (χ0v) is 10.2. The molecule has 0 aromatic heterocycles. The zero-order valence-electron chi connectivity index (χ0n) is 10.2. The van der Waals surface area contributed by atoms with E-state index in [1.165, 1.54) is 18.4 Å². The van der Waals surface area contributed by atoms with E-state index in [1.54, 1.807) is 0 Å². The molecule has 0 atom stereocenters. The van der Waals surface area contributed by atoms with Gasteiger partial charge in [0.25, 0.3) is 0 Å². The van der Waals surface area contributed by atoms with Crippen molar-refractivity contribution in [3.8, 4) is 0 Å². The quantitative estimate of drug-likeness (QED) is 0.815. The van der Waals surface area contributed by atoms with Crippen molar-refractivity contribution in [1.82, 2.24) is 0 Å². The predicted octanol–water partition coefficient (Wildman–Crippen LogP) is 3.79. The van der Waals surface area contributed by atoms with Crippen LogP contribution < -0.4 is 0 Å². The molecule has 1 nitrogen and oxygen atoms in total. The van der Waals surface area contributed by atoms with Crippen molar-refractivity contribution in [2.75, 3.05) is 0 Å². The molecule has 0 heterocycles. The Morgan fingerprint density at radius 3 is 2.31 bits per heavy atom. The van der Waals surface area contributed by atoms with Crippen molar-refractivity contribution in [2.24, 2.45) is 0 Å². The summed E-state index contributed by atoms with van der Waals surface area (Å²) in [6.45, 7) is 2.22. The molecule has 1 fully saturated rings. The second-order valence-electron chi connectivity index (χ2n) is 5.04. The molecule has 1 aliphatic carbocycles. The van der Waals surface area contributed by atoms with Crippen LogP contribution in [0.2, 0.25) is 0 Å². The minimum atomic E-state index is -0.525. The number of unbranched alkanes of at least 4 members (excludes halogenated alkanes) is 1. The molecule has 2 rings (SSSR count). The van der Waals surface area contributed by atoms with Gasteiger partial charge in [-0.05, 0) is 36.8 Å². The topological polar surface area (TPSA) is 20.2 Å². The third-order valence-electron chi connectivity index (χ3n) is 3.74. The fourth-order valence-corrected chi connectivity index (χ4v) is 2.61. The van der Waals surface area contributed by atoms with Crippen LogP contribution in [0.15, 0.2) is 24.3 Å². The van der Waals surface area contributed by atoms with Gasteiger partial charge in [-0.3, -0.25) is 0 Å². The first-order chi connectivity index (χ1) is 7.74. The number of hydrogen-bond donors (Lipinski definition) is 1. The summed E-state index contributed by atoms with van der Waals surface area (Å²) in [4.78, 5) is 0. The Labute approximate surface area is 98.5 Å². The summed E-state index contributed by atoms with van der Waals surface area (Å²) in [7, 11) is 0. The highest BCUT2D eigenvalue weighted by molar-refractivity contribution is 5.28. The summed E-state index contributed by atoms with van der Waals surface area (Å²) >= 11 is 0. The standard InChI is InChI=1S/C15H22O/c1-2-3-6-13-7-9-14(10-8-13)15(16)11-4-5-12-15/h7-10,16H,2-6,11-12H2,1H3.